The first-order valence-corrected chi connectivity index (χ1v) is 3.84. The molecule has 0 unspecified atom stereocenters. The lowest BCUT2D eigenvalue weighted by molar-refractivity contribution is 1.27. The number of rotatable bonds is 0. The van der Waals surface area contributed by atoms with Crippen molar-refractivity contribution in [2.24, 2.45) is 0 Å². The van der Waals surface area contributed by atoms with Gasteiger partial charge in [0.2, 0.25) is 0 Å². The van der Waals surface area contributed by atoms with Gasteiger partial charge < -0.3 is 4.98 Å². The average Bonchev–Trinajstić information content (AvgIpc) is 2.60. The summed E-state index contributed by atoms with van der Waals surface area (Å²) in [5.41, 5.74) is 1.22. The summed E-state index contributed by atoms with van der Waals surface area (Å²) in [5, 5.41) is 0. The molecule has 0 bridgehead atoms. The van der Waals surface area contributed by atoms with Crippen LogP contribution in [0.3, 0.4) is 0 Å². The van der Waals surface area contributed by atoms with Crippen molar-refractivity contribution in [1.82, 2.24) is 9.97 Å². The Morgan fingerprint density at radius 2 is 1.83 bits per heavy atom. The molecule has 0 amide bonds. The molecule has 2 heterocycles. The molecule has 0 saturated carbocycles. The first kappa shape index (κ1) is 8.53. The molecule has 0 atom stereocenters. The molecule has 0 spiro atoms. The molecule has 0 radical (unpaired) electrons. The van der Waals surface area contributed by atoms with Crippen LogP contribution in [-0.4, -0.2) is 9.97 Å². The summed E-state index contributed by atoms with van der Waals surface area (Å²) in [5.74, 6) is 0. The molecule has 0 saturated heterocycles. The van der Waals surface area contributed by atoms with Crippen LogP contribution in [0.5, 0.6) is 0 Å². The second-order valence-electron chi connectivity index (χ2n) is 2.38. The van der Waals surface area contributed by atoms with Gasteiger partial charge in [0.1, 0.15) is 0 Å². The number of H-pyrrole nitrogens is 1. The topological polar surface area (TPSA) is 28.7 Å². The average molecular weight is 160 g/mol. The molecule has 2 heteroatoms. The Labute approximate surface area is 72.3 Å². The maximum Gasteiger partial charge on any atom is 0.0267 e. The van der Waals surface area contributed by atoms with E-state index in [0.29, 0.717) is 0 Å². The normalized spacial score (nSPS) is 8.42. The van der Waals surface area contributed by atoms with Gasteiger partial charge in [0.15, 0.2) is 0 Å². The van der Waals surface area contributed by atoms with E-state index in [1.165, 1.54) is 5.69 Å². The van der Waals surface area contributed by atoms with Crippen molar-refractivity contribution in [3.63, 3.8) is 0 Å². The second-order valence-corrected chi connectivity index (χ2v) is 2.38. The van der Waals surface area contributed by atoms with Gasteiger partial charge in [-0.3, -0.25) is 4.98 Å². The fourth-order valence-electron chi connectivity index (χ4n) is 0.733. The van der Waals surface area contributed by atoms with E-state index in [2.05, 4.69) is 9.97 Å². The Bertz CT molecular complexity index is 247. The van der Waals surface area contributed by atoms with Crippen molar-refractivity contribution < 1.29 is 0 Å². The van der Waals surface area contributed by atoms with E-state index < -0.39 is 0 Å². The van der Waals surface area contributed by atoms with Crippen LogP contribution in [0.25, 0.3) is 0 Å². The van der Waals surface area contributed by atoms with Gasteiger partial charge >= 0.3 is 0 Å². The third kappa shape index (κ3) is 3.56. The van der Waals surface area contributed by atoms with E-state index in [1.807, 2.05) is 43.5 Å². The second kappa shape index (κ2) is 5.13. The van der Waals surface area contributed by atoms with Gasteiger partial charge in [-0.05, 0) is 31.2 Å². The Kier molecular flexibility index (Phi) is 3.64. The lowest BCUT2D eigenvalue weighted by Crippen LogP contribution is -1.59. The minimum atomic E-state index is 1.22. The highest BCUT2D eigenvalue weighted by Gasteiger charge is 1.72. The molecule has 2 aromatic heterocycles. The van der Waals surface area contributed by atoms with Crippen molar-refractivity contribution in [2.45, 2.75) is 6.92 Å². The summed E-state index contributed by atoms with van der Waals surface area (Å²) in [7, 11) is 0. The van der Waals surface area contributed by atoms with Crippen LogP contribution in [0.2, 0.25) is 0 Å². The number of hydrogen-bond acceptors (Lipinski definition) is 1. The van der Waals surface area contributed by atoms with Gasteiger partial charge in [-0.1, -0.05) is 6.07 Å². The van der Waals surface area contributed by atoms with Crippen LogP contribution in [0, 0.1) is 6.92 Å². The maximum absolute atomic E-state index is 3.78. The van der Waals surface area contributed by atoms with Crippen LogP contribution in [0.15, 0.2) is 48.9 Å². The third-order valence-corrected chi connectivity index (χ3v) is 1.32. The number of hydrogen-bond donors (Lipinski definition) is 1. The molecule has 0 aliphatic rings. The number of nitrogens with one attached hydrogen (secondary N) is 1. The molecule has 62 valence electrons. The SMILES string of the molecule is Cc1ccc[nH]1.c1ccncc1. The standard InChI is InChI=1S/C5H7N.C5H5N/c1-5-3-2-4-6-5;1-2-4-6-5-3-1/h2-4,6H,1H3;1-5H. The number of aromatic nitrogens is 2. The molecule has 2 aromatic rings. The van der Waals surface area contributed by atoms with Gasteiger partial charge in [-0.2, -0.15) is 0 Å². The highest BCUT2D eigenvalue weighted by atomic mass is 14.7. The molecule has 0 aliphatic heterocycles. The van der Waals surface area contributed by atoms with Gasteiger partial charge in [-0.15, -0.1) is 0 Å². The predicted octanol–water partition coefficient (Wildman–Crippen LogP) is 2.40. The van der Waals surface area contributed by atoms with E-state index in [0.717, 1.165) is 0 Å². The zero-order valence-electron chi connectivity index (χ0n) is 7.07. The molecule has 0 fully saturated rings. The zero-order chi connectivity index (χ0) is 8.65. The fourth-order valence-corrected chi connectivity index (χ4v) is 0.733. The summed E-state index contributed by atoms with van der Waals surface area (Å²) >= 11 is 0. The molecule has 1 N–H and O–H groups in total. The Morgan fingerprint density at radius 3 is 2.00 bits per heavy atom. The lowest BCUT2D eigenvalue weighted by atomic mass is 10.5. The predicted molar refractivity (Wildman–Crippen MR) is 49.8 cm³/mol. The Balaban J connectivity index is 0.000000120. The fraction of sp³-hybridized carbons (Fsp3) is 0.100. The Hall–Kier alpha value is -1.57. The summed E-state index contributed by atoms with van der Waals surface area (Å²) < 4.78 is 0. The number of aromatic amines is 1. The number of pyridine rings is 1. The van der Waals surface area contributed by atoms with E-state index in [1.54, 1.807) is 12.4 Å². The molecule has 12 heavy (non-hydrogen) atoms. The molecular formula is C10H12N2. The van der Waals surface area contributed by atoms with E-state index in [4.69, 9.17) is 0 Å². The third-order valence-electron chi connectivity index (χ3n) is 1.32. The molecule has 0 aromatic carbocycles. The summed E-state index contributed by atoms with van der Waals surface area (Å²) in [6, 6.07) is 9.72. The monoisotopic (exact) mass is 160 g/mol. The van der Waals surface area contributed by atoms with E-state index in [9.17, 15) is 0 Å². The largest absolute Gasteiger partial charge is 0.365 e. The molecule has 0 aliphatic carbocycles. The minimum absolute atomic E-state index is 1.22. The van der Waals surface area contributed by atoms with Crippen LogP contribution in [-0.2, 0) is 0 Å². The summed E-state index contributed by atoms with van der Waals surface area (Å²) in [6.45, 7) is 2.03. The molecule has 2 rings (SSSR count). The van der Waals surface area contributed by atoms with Crippen molar-refractivity contribution >= 4 is 0 Å². The highest BCUT2D eigenvalue weighted by Crippen LogP contribution is 1.86. The van der Waals surface area contributed by atoms with Gasteiger partial charge in [0, 0.05) is 24.3 Å². The first-order chi connectivity index (χ1) is 5.89. The quantitative estimate of drug-likeness (QED) is 0.630. The maximum atomic E-state index is 3.78. The van der Waals surface area contributed by atoms with Crippen molar-refractivity contribution in [3.8, 4) is 0 Å². The summed E-state index contributed by atoms with van der Waals surface area (Å²) in [6.07, 6.45) is 5.41. The van der Waals surface area contributed by atoms with Crippen LogP contribution in [0.1, 0.15) is 5.69 Å². The molecular weight excluding hydrogens is 148 g/mol. The smallest absolute Gasteiger partial charge is 0.0267 e. The van der Waals surface area contributed by atoms with Gasteiger partial charge in [0.25, 0.3) is 0 Å². The lowest BCUT2D eigenvalue weighted by Gasteiger charge is -1.70. The molecule has 2 nitrogen and oxygen atoms in total. The minimum Gasteiger partial charge on any atom is -0.365 e. The van der Waals surface area contributed by atoms with E-state index in [-0.39, 0.29) is 0 Å². The van der Waals surface area contributed by atoms with Crippen LogP contribution >= 0.6 is 0 Å². The van der Waals surface area contributed by atoms with Crippen molar-refractivity contribution in [3.05, 3.63) is 54.6 Å². The van der Waals surface area contributed by atoms with Gasteiger partial charge in [0.05, 0.1) is 0 Å². The van der Waals surface area contributed by atoms with Gasteiger partial charge in [-0.25, -0.2) is 0 Å². The van der Waals surface area contributed by atoms with Crippen LogP contribution < -0.4 is 0 Å². The summed E-state index contributed by atoms with van der Waals surface area (Å²) in [4.78, 5) is 6.78. The van der Waals surface area contributed by atoms with Crippen molar-refractivity contribution in [1.29, 1.82) is 0 Å². The van der Waals surface area contributed by atoms with E-state index >= 15 is 0 Å². The number of nitrogens with zero attached hydrogens (tertiary/aromatic N) is 1. The Morgan fingerprint density at radius 1 is 1.08 bits per heavy atom. The van der Waals surface area contributed by atoms with Crippen molar-refractivity contribution in [2.75, 3.05) is 0 Å². The zero-order valence-corrected chi connectivity index (χ0v) is 7.07. The first-order valence-electron chi connectivity index (χ1n) is 3.84. The highest BCUT2D eigenvalue weighted by molar-refractivity contribution is 4.99. The van der Waals surface area contributed by atoms with Crippen LogP contribution in [0.4, 0.5) is 0 Å². The number of aryl methyl sites for hydroxylation is 1.